The predicted molar refractivity (Wildman–Crippen MR) is 64.7 cm³/mol. The maximum Gasteiger partial charge on any atom is 0.217 e. The lowest BCUT2D eigenvalue weighted by Crippen LogP contribution is -2.27. The quantitative estimate of drug-likeness (QED) is 0.428. The summed E-state index contributed by atoms with van der Waals surface area (Å²) in [6, 6.07) is 0. The minimum atomic E-state index is -1.02. The van der Waals surface area contributed by atoms with Gasteiger partial charge in [0.1, 0.15) is 0 Å². The molecule has 2 aromatic rings. The van der Waals surface area contributed by atoms with Gasteiger partial charge in [-0.05, 0) is 0 Å². The van der Waals surface area contributed by atoms with Crippen LogP contribution in [0.2, 0.25) is 0 Å². The Bertz CT molecular complexity index is 604. The Morgan fingerprint density at radius 3 is 2.74 bits per heavy atom. The van der Waals surface area contributed by atoms with Crippen LogP contribution in [0.3, 0.4) is 0 Å². The van der Waals surface area contributed by atoms with Crippen molar-refractivity contribution in [1.29, 1.82) is 0 Å². The second-order valence-corrected chi connectivity index (χ2v) is 3.83. The standard InChI is InChI=1S/C12H13N3O4/c1-18-12(19-2)11(17)5-10(16)8-6-14-15-4-3-13-7-9(8)15/h3-4,6-7,12H,5H2,1-2H3. The molecular weight excluding hydrogens is 250 g/mol. The number of nitrogens with zero attached hydrogens (tertiary/aromatic N) is 3. The smallest absolute Gasteiger partial charge is 0.217 e. The van der Waals surface area contributed by atoms with Crippen molar-refractivity contribution in [3.63, 3.8) is 0 Å². The molecule has 0 unspecified atom stereocenters. The monoisotopic (exact) mass is 263 g/mol. The van der Waals surface area contributed by atoms with Gasteiger partial charge < -0.3 is 9.47 Å². The Kier molecular flexibility index (Phi) is 3.98. The topological polar surface area (TPSA) is 82.8 Å². The van der Waals surface area contributed by atoms with Crippen molar-refractivity contribution in [2.45, 2.75) is 12.7 Å². The molecule has 0 fully saturated rings. The number of Topliss-reactive ketones (excluding diaryl/α,β-unsaturated/α-hetero) is 2. The zero-order chi connectivity index (χ0) is 13.8. The molecule has 0 N–H and O–H groups in total. The molecule has 0 amide bonds. The van der Waals surface area contributed by atoms with E-state index in [4.69, 9.17) is 9.47 Å². The van der Waals surface area contributed by atoms with Crippen molar-refractivity contribution < 1.29 is 19.1 Å². The third kappa shape index (κ3) is 2.67. The number of carbonyl (C=O) groups excluding carboxylic acids is 2. The normalized spacial score (nSPS) is 11.1. The van der Waals surface area contributed by atoms with Gasteiger partial charge in [-0.3, -0.25) is 14.6 Å². The van der Waals surface area contributed by atoms with Crippen molar-refractivity contribution in [2.75, 3.05) is 14.2 Å². The van der Waals surface area contributed by atoms with Crippen LogP contribution >= 0.6 is 0 Å². The molecule has 2 aromatic heterocycles. The molecule has 100 valence electrons. The number of methoxy groups -OCH3 is 2. The molecule has 7 nitrogen and oxygen atoms in total. The van der Waals surface area contributed by atoms with Gasteiger partial charge in [-0.2, -0.15) is 5.10 Å². The van der Waals surface area contributed by atoms with Crippen molar-refractivity contribution in [2.24, 2.45) is 0 Å². The minimum Gasteiger partial charge on any atom is -0.349 e. The fourth-order valence-electron chi connectivity index (χ4n) is 1.75. The average Bonchev–Trinajstić information content (AvgIpc) is 2.84. The molecule has 2 heterocycles. The lowest BCUT2D eigenvalue weighted by molar-refractivity contribution is -0.155. The average molecular weight is 263 g/mol. The Balaban J connectivity index is 2.18. The van der Waals surface area contributed by atoms with E-state index in [1.807, 2.05) is 0 Å². The van der Waals surface area contributed by atoms with Gasteiger partial charge in [-0.1, -0.05) is 0 Å². The number of ketones is 2. The molecule has 0 aliphatic rings. The summed E-state index contributed by atoms with van der Waals surface area (Å²) < 4.78 is 11.1. The molecule has 0 aromatic carbocycles. The van der Waals surface area contributed by atoms with Crippen molar-refractivity contribution in [3.8, 4) is 0 Å². The van der Waals surface area contributed by atoms with Crippen LogP contribution in [0, 0.1) is 0 Å². The second-order valence-electron chi connectivity index (χ2n) is 3.83. The zero-order valence-corrected chi connectivity index (χ0v) is 10.6. The largest absolute Gasteiger partial charge is 0.349 e. The maximum atomic E-state index is 12.1. The van der Waals surface area contributed by atoms with Crippen molar-refractivity contribution >= 4 is 17.1 Å². The Labute approximate surface area is 109 Å². The highest BCUT2D eigenvalue weighted by Gasteiger charge is 2.22. The van der Waals surface area contributed by atoms with E-state index in [1.165, 1.54) is 31.1 Å². The van der Waals surface area contributed by atoms with E-state index in [0.29, 0.717) is 11.1 Å². The van der Waals surface area contributed by atoms with E-state index < -0.39 is 12.1 Å². The molecule has 0 bridgehead atoms. The highest BCUT2D eigenvalue weighted by Crippen LogP contribution is 2.12. The van der Waals surface area contributed by atoms with Gasteiger partial charge in [0.2, 0.25) is 6.29 Å². The lowest BCUT2D eigenvalue weighted by Gasteiger charge is -2.10. The van der Waals surface area contributed by atoms with E-state index in [0.717, 1.165) is 0 Å². The van der Waals surface area contributed by atoms with Gasteiger partial charge in [-0.15, -0.1) is 0 Å². The summed E-state index contributed by atoms with van der Waals surface area (Å²) in [5, 5.41) is 4.01. The number of ether oxygens (including phenoxy) is 2. The summed E-state index contributed by atoms with van der Waals surface area (Å²) in [5.74, 6) is -0.773. The maximum absolute atomic E-state index is 12.1. The van der Waals surface area contributed by atoms with E-state index in [9.17, 15) is 9.59 Å². The zero-order valence-electron chi connectivity index (χ0n) is 10.6. The molecule has 0 saturated carbocycles. The SMILES string of the molecule is COC(OC)C(=O)CC(=O)c1cnn2ccncc12. The summed E-state index contributed by atoms with van der Waals surface area (Å²) in [5.41, 5.74) is 0.916. The van der Waals surface area contributed by atoms with Crippen LogP contribution < -0.4 is 0 Å². The van der Waals surface area contributed by atoms with Crippen LogP contribution in [0.25, 0.3) is 5.52 Å². The molecule has 7 heteroatoms. The van der Waals surface area contributed by atoms with Crippen LogP contribution in [-0.4, -0.2) is 46.7 Å². The lowest BCUT2D eigenvalue weighted by atomic mass is 10.1. The summed E-state index contributed by atoms with van der Waals surface area (Å²) in [7, 11) is 2.69. The molecule has 0 saturated heterocycles. The molecule has 0 spiro atoms. The third-order valence-corrected chi connectivity index (χ3v) is 2.65. The summed E-state index contributed by atoms with van der Waals surface area (Å²) in [6.07, 6.45) is 4.80. The van der Waals surface area contributed by atoms with Crippen LogP contribution in [-0.2, 0) is 14.3 Å². The molecule has 2 rings (SSSR count). The number of hydrogen-bond acceptors (Lipinski definition) is 6. The van der Waals surface area contributed by atoms with E-state index in [2.05, 4.69) is 10.1 Å². The number of rotatable bonds is 6. The molecule has 19 heavy (non-hydrogen) atoms. The summed E-state index contributed by atoms with van der Waals surface area (Å²) in [4.78, 5) is 27.7. The van der Waals surface area contributed by atoms with E-state index >= 15 is 0 Å². The van der Waals surface area contributed by atoms with Gasteiger partial charge in [0.25, 0.3) is 0 Å². The summed E-state index contributed by atoms with van der Waals surface area (Å²) in [6.45, 7) is 0. The first-order valence-electron chi connectivity index (χ1n) is 5.56. The fraction of sp³-hybridized carbons (Fsp3) is 0.333. The van der Waals surface area contributed by atoms with Gasteiger partial charge in [-0.25, -0.2) is 4.52 Å². The third-order valence-electron chi connectivity index (χ3n) is 2.65. The number of hydrogen-bond donors (Lipinski definition) is 0. The molecule has 0 aliphatic heterocycles. The number of fused-ring (bicyclic) bond motifs is 1. The molecule has 0 radical (unpaired) electrons. The van der Waals surface area contributed by atoms with Crippen LogP contribution in [0.4, 0.5) is 0 Å². The predicted octanol–water partition coefficient (Wildman–Crippen LogP) is 0.490. The van der Waals surface area contributed by atoms with Gasteiger partial charge in [0.05, 0.1) is 29.9 Å². The first kappa shape index (κ1) is 13.3. The van der Waals surface area contributed by atoms with Crippen LogP contribution in [0.15, 0.2) is 24.8 Å². The van der Waals surface area contributed by atoms with Crippen LogP contribution in [0.5, 0.6) is 0 Å². The van der Waals surface area contributed by atoms with Gasteiger partial charge in [0, 0.05) is 26.6 Å². The Morgan fingerprint density at radius 1 is 1.32 bits per heavy atom. The van der Waals surface area contributed by atoms with E-state index in [-0.39, 0.29) is 12.2 Å². The minimum absolute atomic E-state index is 0.303. The van der Waals surface area contributed by atoms with Gasteiger partial charge in [0.15, 0.2) is 11.6 Å². The fourth-order valence-corrected chi connectivity index (χ4v) is 1.75. The van der Waals surface area contributed by atoms with Crippen LogP contribution in [0.1, 0.15) is 16.8 Å². The molecular formula is C12H13N3O4. The highest BCUT2D eigenvalue weighted by molar-refractivity contribution is 6.11. The Morgan fingerprint density at radius 2 is 2.05 bits per heavy atom. The van der Waals surface area contributed by atoms with Crippen molar-refractivity contribution in [3.05, 3.63) is 30.4 Å². The molecule has 0 aliphatic carbocycles. The molecule has 0 atom stereocenters. The number of carbonyl (C=O) groups is 2. The number of aromatic nitrogens is 3. The van der Waals surface area contributed by atoms with Gasteiger partial charge >= 0.3 is 0 Å². The van der Waals surface area contributed by atoms with Crippen molar-refractivity contribution in [1.82, 2.24) is 14.6 Å². The Hall–Kier alpha value is -2.12. The summed E-state index contributed by atoms with van der Waals surface area (Å²) >= 11 is 0. The highest BCUT2D eigenvalue weighted by atomic mass is 16.7. The second kappa shape index (κ2) is 5.68. The van der Waals surface area contributed by atoms with E-state index in [1.54, 1.807) is 12.4 Å². The first-order valence-corrected chi connectivity index (χ1v) is 5.56. The first-order chi connectivity index (χ1) is 9.17.